The number of oxazole rings is 1. The Morgan fingerprint density at radius 1 is 1.33 bits per heavy atom. The monoisotopic (exact) mass is 300 g/mol. The number of aryl methyl sites for hydroxylation is 1. The number of benzene rings is 2. The van der Waals surface area contributed by atoms with Gasteiger partial charge in [-0.3, -0.25) is 0 Å². The van der Waals surface area contributed by atoms with Crippen molar-refractivity contribution < 1.29 is 9.21 Å². The maximum Gasteiger partial charge on any atom is 0.300 e. The number of para-hydroxylation sites is 1. The van der Waals surface area contributed by atoms with E-state index in [1.807, 2.05) is 37.3 Å². The van der Waals surface area contributed by atoms with Gasteiger partial charge in [0.05, 0.1) is 10.7 Å². The second-order valence-electron chi connectivity index (χ2n) is 4.75. The molecule has 0 unspecified atom stereocenters. The lowest BCUT2D eigenvalue weighted by molar-refractivity contribution is -0.107. The fourth-order valence-corrected chi connectivity index (χ4v) is 2.40. The van der Waals surface area contributed by atoms with E-state index in [0.717, 1.165) is 28.6 Å². The van der Waals surface area contributed by atoms with Crippen molar-refractivity contribution in [3.63, 3.8) is 0 Å². The van der Waals surface area contributed by atoms with E-state index in [0.29, 0.717) is 23.0 Å². The summed E-state index contributed by atoms with van der Waals surface area (Å²) in [5.74, 6) is 0. The number of hydrogen-bond acceptors (Lipinski definition) is 4. The highest BCUT2D eigenvalue weighted by Crippen LogP contribution is 2.28. The second kappa shape index (κ2) is 5.58. The molecule has 1 heterocycles. The minimum Gasteiger partial charge on any atom is -0.423 e. The number of aldehydes is 1. The van der Waals surface area contributed by atoms with Crippen LogP contribution in [-0.2, 0) is 11.2 Å². The molecule has 0 aliphatic rings. The van der Waals surface area contributed by atoms with E-state index < -0.39 is 0 Å². The SMILES string of the molecule is Cc1cc(CC=O)cc2oc(Nc3ccccc3Cl)nc12. The number of carbonyl (C=O) groups excluding carboxylic acids is 1. The molecule has 0 saturated carbocycles. The lowest BCUT2D eigenvalue weighted by atomic mass is 10.1. The van der Waals surface area contributed by atoms with Gasteiger partial charge in [-0.1, -0.05) is 29.8 Å². The molecule has 0 bridgehead atoms. The molecule has 4 nitrogen and oxygen atoms in total. The number of carbonyl (C=O) groups is 1. The third kappa shape index (κ3) is 2.76. The van der Waals surface area contributed by atoms with Crippen molar-refractivity contribution >= 4 is 40.7 Å². The Labute approximate surface area is 126 Å². The van der Waals surface area contributed by atoms with Crippen LogP contribution in [-0.4, -0.2) is 11.3 Å². The molecule has 21 heavy (non-hydrogen) atoms. The van der Waals surface area contributed by atoms with Crippen LogP contribution in [0.2, 0.25) is 5.02 Å². The molecule has 0 spiro atoms. The minimum absolute atomic E-state index is 0.366. The summed E-state index contributed by atoms with van der Waals surface area (Å²) in [6, 6.07) is 11.5. The number of anilines is 2. The molecule has 3 rings (SSSR count). The zero-order chi connectivity index (χ0) is 14.8. The van der Waals surface area contributed by atoms with Crippen LogP contribution in [0, 0.1) is 6.92 Å². The first-order valence-electron chi connectivity index (χ1n) is 6.52. The minimum atomic E-state index is 0.366. The molecule has 0 fully saturated rings. The quantitative estimate of drug-likeness (QED) is 0.731. The zero-order valence-electron chi connectivity index (χ0n) is 11.4. The summed E-state index contributed by atoms with van der Waals surface area (Å²) >= 11 is 6.10. The van der Waals surface area contributed by atoms with Gasteiger partial charge in [0.25, 0.3) is 6.01 Å². The van der Waals surface area contributed by atoms with Crippen molar-refractivity contribution in [1.82, 2.24) is 4.98 Å². The van der Waals surface area contributed by atoms with Gasteiger partial charge in [-0.15, -0.1) is 0 Å². The highest BCUT2D eigenvalue weighted by Gasteiger charge is 2.11. The molecule has 0 amide bonds. The molecular weight excluding hydrogens is 288 g/mol. The number of nitrogens with zero attached hydrogens (tertiary/aromatic N) is 1. The van der Waals surface area contributed by atoms with Crippen molar-refractivity contribution in [3.8, 4) is 0 Å². The van der Waals surface area contributed by atoms with Gasteiger partial charge in [-0.05, 0) is 36.2 Å². The molecule has 1 N–H and O–H groups in total. The van der Waals surface area contributed by atoms with Crippen LogP contribution in [0.1, 0.15) is 11.1 Å². The number of fused-ring (bicyclic) bond motifs is 1. The second-order valence-corrected chi connectivity index (χ2v) is 5.16. The summed E-state index contributed by atoms with van der Waals surface area (Å²) in [5.41, 5.74) is 4.05. The molecule has 0 atom stereocenters. The van der Waals surface area contributed by atoms with Gasteiger partial charge < -0.3 is 14.5 Å². The third-order valence-corrected chi connectivity index (χ3v) is 3.51. The molecule has 0 aliphatic heterocycles. The number of hydrogen-bond donors (Lipinski definition) is 1. The Morgan fingerprint density at radius 3 is 2.90 bits per heavy atom. The first-order valence-corrected chi connectivity index (χ1v) is 6.90. The Bertz CT molecular complexity index is 811. The van der Waals surface area contributed by atoms with Gasteiger partial charge in [0.15, 0.2) is 5.58 Å². The molecule has 0 radical (unpaired) electrons. The van der Waals surface area contributed by atoms with Crippen molar-refractivity contribution in [2.45, 2.75) is 13.3 Å². The molecule has 3 aromatic rings. The van der Waals surface area contributed by atoms with Gasteiger partial charge >= 0.3 is 0 Å². The third-order valence-electron chi connectivity index (χ3n) is 3.18. The van der Waals surface area contributed by atoms with E-state index >= 15 is 0 Å². The average Bonchev–Trinajstić information content (AvgIpc) is 2.85. The van der Waals surface area contributed by atoms with Gasteiger partial charge in [0, 0.05) is 6.42 Å². The van der Waals surface area contributed by atoms with E-state index in [2.05, 4.69) is 10.3 Å². The van der Waals surface area contributed by atoms with E-state index in [1.165, 1.54) is 0 Å². The van der Waals surface area contributed by atoms with E-state index in [4.69, 9.17) is 16.0 Å². The number of aromatic nitrogens is 1. The van der Waals surface area contributed by atoms with Crippen molar-refractivity contribution in [2.24, 2.45) is 0 Å². The first kappa shape index (κ1) is 13.6. The Morgan fingerprint density at radius 2 is 2.14 bits per heavy atom. The molecular formula is C16H13ClN2O2. The number of rotatable bonds is 4. The fraction of sp³-hybridized carbons (Fsp3) is 0.125. The maximum absolute atomic E-state index is 10.6. The lowest BCUT2D eigenvalue weighted by Crippen LogP contribution is -1.90. The van der Waals surface area contributed by atoms with Crippen LogP contribution in [0.5, 0.6) is 0 Å². The van der Waals surface area contributed by atoms with Crippen molar-refractivity contribution in [1.29, 1.82) is 0 Å². The lowest BCUT2D eigenvalue weighted by Gasteiger charge is -2.02. The van der Waals surface area contributed by atoms with E-state index in [9.17, 15) is 4.79 Å². The average molecular weight is 301 g/mol. The summed E-state index contributed by atoms with van der Waals surface area (Å²) in [7, 11) is 0. The molecule has 5 heteroatoms. The Hall–Kier alpha value is -2.33. The standard InChI is InChI=1S/C16H13ClN2O2/c1-10-8-11(6-7-20)9-14-15(10)19-16(21-14)18-13-5-3-2-4-12(13)17/h2-5,7-9H,6H2,1H3,(H,18,19). The van der Waals surface area contributed by atoms with Crippen molar-refractivity contribution in [3.05, 3.63) is 52.5 Å². The Kier molecular flexibility index (Phi) is 3.62. The fourth-order valence-electron chi connectivity index (χ4n) is 2.21. The van der Waals surface area contributed by atoms with Gasteiger partial charge in [-0.25, -0.2) is 0 Å². The highest BCUT2D eigenvalue weighted by atomic mass is 35.5. The van der Waals surface area contributed by atoms with Crippen LogP contribution in [0.25, 0.3) is 11.1 Å². The molecule has 0 saturated heterocycles. The molecule has 1 aromatic heterocycles. The van der Waals surface area contributed by atoms with Crippen LogP contribution in [0.15, 0.2) is 40.8 Å². The van der Waals surface area contributed by atoms with Gasteiger partial charge in [0.1, 0.15) is 11.8 Å². The van der Waals surface area contributed by atoms with Gasteiger partial charge in [0.2, 0.25) is 0 Å². The largest absolute Gasteiger partial charge is 0.423 e. The summed E-state index contributed by atoms with van der Waals surface area (Å²) in [6.07, 6.45) is 1.24. The molecule has 0 aliphatic carbocycles. The van der Waals surface area contributed by atoms with E-state index in [-0.39, 0.29) is 0 Å². The Balaban J connectivity index is 1.99. The highest BCUT2D eigenvalue weighted by molar-refractivity contribution is 6.33. The number of halogens is 1. The van der Waals surface area contributed by atoms with Crippen LogP contribution in [0.3, 0.4) is 0 Å². The van der Waals surface area contributed by atoms with Gasteiger partial charge in [-0.2, -0.15) is 4.98 Å². The predicted octanol–water partition coefficient (Wildman–Crippen LogP) is 4.27. The smallest absolute Gasteiger partial charge is 0.300 e. The zero-order valence-corrected chi connectivity index (χ0v) is 12.1. The summed E-state index contributed by atoms with van der Waals surface area (Å²) in [4.78, 5) is 15.1. The molecule has 106 valence electrons. The van der Waals surface area contributed by atoms with Crippen molar-refractivity contribution in [2.75, 3.05) is 5.32 Å². The van der Waals surface area contributed by atoms with Crippen LogP contribution < -0.4 is 5.32 Å². The summed E-state index contributed by atoms with van der Waals surface area (Å²) in [6.45, 7) is 1.94. The predicted molar refractivity (Wildman–Crippen MR) is 83.2 cm³/mol. The molecule has 2 aromatic carbocycles. The van der Waals surface area contributed by atoms with E-state index in [1.54, 1.807) is 6.07 Å². The van der Waals surface area contributed by atoms with Crippen LogP contribution >= 0.6 is 11.6 Å². The summed E-state index contributed by atoms with van der Waals surface area (Å²) in [5, 5.41) is 3.66. The normalized spacial score (nSPS) is 10.8. The first-order chi connectivity index (χ1) is 10.2. The maximum atomic E-state index is 10.6. The topological polar surface area (TPSA) is 55.1 Å². The number of nitrogens with one attached hydrogen (secondary N) is 1. The van der Waals surface area contributed by atoms with Crippen LogP contribution in [0.4, 0.5) is 11.7 Å². The summed E-state index contributed by atoms with van der Waals surface area (Å²) < 4.78 is 5.70.